The molecule has 0 spiro atoms. The lowest BCUT2D eigenvalue weighted by atomic mass is 10.1. The molecule has 0 fully saturated rings. The number of hydrogen-bond acceptors (Lipinski definition) is 3. The van der Waals surface area contributed by atoms with Gasteiger partial charge < -0.3 is 4.90 Å². The van der Waals surface area contributed by atoms with Crippen molar-refractivity contribution in [2.24, 2.45) is 0 Å². The fourth-order valence-corrected chi connectivity index (χ4v) is 5.06. The molecule has 0 saturated heterocycles. The molecule has 1 aliphatic rings. The highest BCUT2D eigenvalue weighted by atomic mass is 79.9. The summed E-state index contributed by atoms with van der Waals surface area (Å²) in [5, 5.41) is 1.82. The van der Waals surface area contributed by atoms with Crippen LogP contribution in [0.5, 0.6) is 0 Å². The van der Waals surface area contributed by atoms with Gasteiger partial charge in [0.1, 0.15) is 0 Å². The van der Waals surface area contributed by atoms with Crippen LogP contribution in [-0.4, -0.2) is 38.8 Å². The molecule has 0 bridgehead atoms. The van der Waals surface area contributed by atoms with E-state index in [1.54, 1.807) is 23.1 Å². The summed E-state index contributed by atoms with van der Waals surface area (Å²) in [4.78, 5) is 14.7. The Hall–Kier alpha value is -2.22. The summed E-state index contributed by atoms with van der Waals surface area (Å²) in [5.41, 5.74) is 1.94. The molecular weight excluding hydrogens is 440 g/mol. The first-order valence-corrected chi connectivity index (χ1v) is 11.1. The van der Waals surface area contributed by atoms with Crippen molar-refractivity contribution in [2.75, 3.05) is 25.0 Å². The number of hydrogen-bond donors (Lipinski definition) is 0. The zero-order valence-electron chi connectivity index (χ0n) is 15.3. The number of nitrogens with zero attached hydrogens (tertiary/aromatic N) is 2. The molecule has 1 heterocycles. The minimum Gasteiger partial charge on any atom is -0.311 e. The molecule has 0 saturated carbocycles. The maximum absolute atomic E-state index is 13.0. The van der Waals surface area contributed by atoms with Crippen LogP contribution in [0, 0.1) is 0 Å². The van der Waals surface area contributed by atoms with Crippen LogP contribution in [0.1, 0.15) is 5.56 Å². The van der Waals surface area contributed by atoms with E-state index in [4.69, 9.17) is 0 Å². The largest absolute Gasteiger partial charge is 0.311 e. The van der Waals surface area contributed by atoms with Crippen LogP contribution in [-0.2, 0) is 21.2 Å². The van der Waals surface area contributed by atoms with Crippen LogP contribution in [0.2, 0.25) is 0 Å². The van der Waals surface area contributed by atoms with Crippen molar-refractivity contribution in [3.8, 4) is 0 Å². The van der Waals surface area contributed by atoms with Gasteiger partial charge >= 0.3 is 0 Å². The monoisotopic (exact) mass is 458 g/mol. The Bertz CT molecular complexity index is 1180. The van der Waals surface area contributed by atoms with Gasteiger partial charge in [0.15, 0.2) is 0 Å². The lowest BCUT2D eigenvalue weighted by Gasteiger charge is -2.22. The number of benzene rings is 3. The van der Waals surface area contributed by atoms with E-state index in [2.05, 4.69) is 15.9 Å². The predicted octanol–water partition coefficient (Wildman–Crippen LogP) is 3.81. The Morgan fingerprint density at radius 2 is 1.82 bits per heavy atom. The van der Waals surface area contributed by atoms with E-state index >= 15 is 0 Å². The lowest BCUT2D eigenvalue weighted by Crippen LogP contribution is -2.40. The molecule has 0 aromatic heterocycles. The third kappa shape index (κ3) is 3.45. The molecule has 5 nitrogen and oxygen atoms in total. The average molecular weight is 459 g/mol. The molecule has 0 aliphatic carbocycles. The van der Waals surface area contributed by atoms with Crippen LogP contribution in [0.3, 0.4) is 0 Å². The van der Waals surface area contributed by atoms with Gasteiger partial charge in [0.25, 0.3) is 0 Å². The standard InChI is InChI=1S/C21H19BrN2O3S/c1-23(14-21(25)24-11-10-17-12-18(22)7-9-20(17)24)28(26,27)19-8-6-15-4-2-3-5-16(15)13-19/h2-9,12-13H,10-11,14H2,1H3. The quantitative estimate of drug-likeness (QED) is 0.596. The maximum atomic E-state index is 13.0. The Morgan fingerprint density at radius 1 is 1.07 bits per heavy atom. The Kier molecular flexibility index (Phi) is 4.99. The smallest absolute Gasteiger partial charge is 0.243 e. The molecule has 1 amide bonds. The number of rotatable bonds is 4. The van der Waals surface area contributed by atoms with Crippen LogP contribution in [0.15, 0.2) is 70.0 Å². The highest BCUT2D eigenvalue weighted by molar-refractivity contribution is 9.10. The third-order valence-corrected chi connectivity index (χ3v) is 7.32. The molecule has 7 heteroatoms. The number of fused-ring (bicyclic) bond motifs is 2. The molecule has 4 rings (SSSR count). The van der Waals surface area contributed by atoms with E-state index in [1.165, 1.54) is 7.05 Å². The SMILES string of the molecule is CN(CC(=O)N1CCc2cc(Br)ccc21)S(=O)(=O)c1ccc2ccccc2c1. The van der Waals surface area contributed by atoms with Gasteiger partial charge in [-0.1, -0.05) is 46.3 Å². The molecule has 3 aromatic rings. The molecule has 0 radical (unpaired) electrons. The second-order valence-corrected chi connectivity index (χ2v) is 9.80. The second kappa shape index (κ2) is 7.31. The van der Waals surface area contributed by atoms with Crippen molar-refractivity contribution in [1.82, 2.24) is 4.31 Å². The van der Waals surface area contributed by atoms with Crippen LogP contribution in [0.25, 0.3) is 10.8 Å². The zero-order chi connectivity index (χ0) is 19.9. The van der Waals surface area contributed by atoms with Crippen LogP contribution < -0.4 is 4.90 Å². The Labute approximate surface area is 172 Å². The van der Waals surface area contributed by atoms with Crippen molar-refractivity contribution in [2.45, 2.75) is 11.3 Å². The van der Waals surface area contributed by atoms with Gasteiger partial charge in [-0.2, -0.15) is 4.31 Å². The number of amides is 1. The van der Waals surface area contributed by atoms with Gasteiger partial charge in [-0.15, -0.1) is 0 Å². The molecule has 3 aromatic carbocycles. The van der Waals surface area contributed by atoms with Gasteiger partial charge in [-0.25, -0.2) is 8.42 Å². The number of halogens is 1. The molecule has 1 aliphatic heterocycles. The average Bonchev–Trinajstić information content (AvgIpc) is 3.10. The number of carbonyl (C=O) groups is 1. The molecule has 0 N–H and O–H groups in total. The molecule has 144 valence electrons. The van der Waals surface area contributed by atoms with E-state index < -0.39 is 10.0 Å². The van der Waals surface area contributed by atoms with Crippen molar-refractivity contribution < 1.29 is 13.2 Å². The fraction of sp³-hybridized carbons (Fsp3) is 0.190. The highest BCUT2D eigenvalue weighted by Crippen LogP contribution is 2.31. The zero-order valence-corrected chi connectivity index (χ0v) is 17.7. The summed E-state index contributed by atoms with van der Waals surface area (Å²) in [6, 6.07) is 18.4. The Balaban J connectivity index is 1.55. The number of sulfonamides is 1. The van der Waals surface area contributed by atoms with Crippen molar-refractivity contribution in [3.63, 3.8) is 0 Å². The summed E-state index contributed by atoms with van der Waals surface area (Å²) in [6.45, 7) is 0.360. The number of carbonyl (C=O) groups excluding carboxylic acids is 1. The van der Waals surface area contributed by atoms with Crippen LogP contribution in [0.4, 0.5) is 5.69 Å². The first-order valence-electron chi connectivity index (χ1n) is 8.90. The minimum atomic E-state index is -3.76. The summed E-state index contributed by atoms with van der Waals surface area (Å²) in [6.07, 6.45) is 0.766. The normalized spacial score (nSPS) is 13.9. The van der Waals surface area contributed by atoms with E-state index in [-0.39, 0.29) is 17.3 Å². The van der Waals surface area contributed by atoms with Crippen LogP contribution >= 0.6 is 15.9 Å². The molecule has 0 atom stereocenters. The summed E-state index contributed by atoms with van der Waals surface area (Å²) in [7, 11) is -2.32. The summed E-state index contributed by atoms with van der Waals surface area (Å²) < 4.78 is 28.0. The fourth-order valence-electron chi connectivity index (χ4n) is 3.50. The maximum Gasteiger partial charge on any atom is 0.243 e. The van der Waals surface area contributed by atoms with E-state index in [0.717, 1.165) is 37.2 Å². The van der Waals surface area contributed by atoms with E-state index in [9.17, 15) is 13.2 Å². The first-order chi connectivity index (χ1) is 13.4. The molecule has 0 unspecified atom stereocenters. The first kappa shape index (κ1) is 19.1. The van der Waals surface area contributed by atoms with E-state index in [0.29, 0.717) is 6.54 Å². The predicted molar refractivity (Wildman–Crippen MR) is 114 cm³/mol. The van der Waals surface area contributed by atoms with Crippen molar-refractivity contribution >= 4 is 48.3 Å². The summed E-state index contributed by atoms with van der Waals surface area (Å²) >= 11 is 3.44. The topological polar surface area (TPSA) is 57.7 Å². The minimum absolute atomic E-state index is 0.187. The van der Waals surface area contributed by atoms with E-state index in [1.807, 2.05) is 42.5 Å². The van der Waals surface area contributed by atoms with Gasteiger partial charge in [0.05, 0.1) is 11.4 Å². The van der Waals surface area contributed by atoms with Crippen molar-refractivity contribution in [1.29, 1.82) is 0 Å². The second-order valence-electron chi connectivity index (χ2n) is 6.84. The Morgan fingerprint density at radius 3 is 2.61 bits per heavy atom. The van der Waals surface area contributed by atoms with Gasteiger partial charge in [0.2, 0.25) is 15.9 Å². The van der Waals surface area contributed by atoms with Gasteiger partial charge in [-0.3, -0.25) is 4.79 Å². The number of likely N-dealkylation sites (N-methyl/N-ethyl adjacent to an activating group) is 1. The van der Waals surface area contributed by atoms with Gasteiger partial charge in [0, 0.05) is 23.8 Å². The molecule has 28 heavy (non-hydrogen) atoms. The lowest BCUT2D eigenvalue weighted by molar-refractivity contribution is -0.118. The molecular formula is C21H19BrN2O3S. The number of anilines is 1. The summed E-state index contributed by atoms with van der Waals surface area (Å²) in [5.74, 6) is -0.229. The van der Waals surface area contributed by atoms with Gasteiger partial charge in [-0.05, 0) is 53.1 Å². The highest BCUT2D eigenvalue weighted by Gasteiger charge is 2.29. The third-order valence-electron chi connectivity index (χ3n) is 5.03. The van der Waals surface area contributed by atoms with Crippen molar-refractivity contribution in [3.05, 3.63) is 70.7 Å².